The molecule has 3 rings (SSSR count). The maximum absolute atomic E-state index is 10.1. The fourth-order valence-electron chi connectivity index (χ4n) is 2.66. The highest BCUT2D eigenvalue weighted by Gasteiger charge is 2.14. The minimum Gasteiger partial charge on any atom is -0.508 e. The van der Waals surface area contributed by atoms with Crippen LogP contribution in [0.25, 0.3) is 10.8 Å². The van der Waals surface area contributed by atoms with Crippen molar-refractivity contribution in [2.75, 3.05) is 11.5 Å². The van der Waals surface area contributed by atoms with Gasteiger partial charge < -0.3 is 10.4 Å². The molecule has 2 N–H and O–H groups in total. The van der Waals surface area contributed by atoms with Crippen LogP contribution in [0.15, 0.2) is 36.4 Å². The summed E-state index contributed by atoms with van der Waals surface area (Å²) in [5.74, 6) is 2.90. The Morgan fingerprint density at radius 3 is 2.74 bits per heavy atom. The second-order valence-electron chi connectivity index (χ2n) is 5.05. The molecule has 0 spiro atoms. The molecule has 0 atom stereocenters. The van der Waals surface area contributed by atoms with Gasteiger partial charge in [0.15, 0.2) is 0 Å². The van der Waals surface area contributed by atoms with Gasteiger partial charge in [-0.15, -0.1) is 0 Å². The fourth-order valence-corrected chi connectivity index (χ4v) is 3.76. The summed E-state index contributed by atoms with van der Waals surface area (Å²) in [5, 5.41) is 16.0. The molecule has 19 heavy (non-hydrogen) atoms. The first-order valence-corrected chi connectivity index (χ1v) is 8.01. The highest BCUT2D eigenvalue weighted by atomic mass is 32.2. The number of benzene rings is 2. The molecule has 1 fully saturated rings. The van der Waals surface area contributed by atoms with Crippen molar-refractivity contribution in [3.8, 4) is 5.75 Å². The third-order valence-corrected chi connectivity index (χ3v) is 4.85. The predicted molar refractivity (Wildman–Crippen MR) is 82.8 cm³/mol. The lowest BCUT2D eigenvalue weighted by molar-refractivity contribution is 0.449. The topological polar surface area (TPSA) is 32.3 Å². The molecule has 0 aromatic heterocycles. The zero-order chi connectivity index (χ0) is 13.1. The van der Waals surface area contributed by atoms with Gasteiger partial charge in [0.1, 0.15) is 5.75 Å². The fraction of sp³-hybridized carbons (Fsp3) is 0.375. The van der Waals surface area contributed by atoms with E-state index in [0.29, 0.717) is 11.8 Å². The van der Waals surface area contributed by atoms with Gasteiger partial charge in [0.2, 0.25) is 0 Å². The molecule has 3 heteroatoms. The van der Waals surface area contributed by atoms with Crippen LogP contribution in [0.4, 0.5) is 0 Å². The number of phenolic OH excluding ortho intramolecular Hbond substituents is 1. The smallest absolute Gasteiger partial charge is 0.120 e. The quantitative estimate of drug-likeness (QED) is 0.897. The molecule has 0 amide bonds. The van der Waals surface area contributed by atoms with Gasteiger partial charge in [0.05, 0.1) is 0 Å². The molecule has 100 valence electrons. The Kier molecular flexibility index (Phi) is 3.95. The number of rotatable bonds is 3. The minimum atomic E-state index is 0.399. The molecule has 1 saturated heterocycles. The van der Waals surface area contributed by atoms with E-state index in [9.17, 15) is 5.11 Å². The number of hydrogen-bond acceptors (Lipinski definition) is 3. The lowest BCUT2D eigenvalue weighted by Gasteiger charge is -2.23. The lowest BCUT2D eigenvalue weighted by Crippen LogP contribution is -2.32. The molecule has 0 unspecified atom stereocenters. The third-order valence-electron chi connectivity index (χ3n) is 3.80. The summed E-state index contributed by atoms with van der Waals surface area (Å²) >= 11 is 2.04. The van der Waals surface area contributed by atoms with Gasteiger partial charge in [-0.3, -0.25) is 0 Å². The minimum absolute atomic E-state index is 0.399. The van der Waals surface area contributed by atoms with Crippen LogP contribution in [-0.4, -0.2) is 22.7 Å². The Morgan fingerprint density at radius 2 is 1.89 bits per heavy atom. The van der Waals surface area contributed by atoms with E-state index in [2.05, 4.69) is 17.4 Å². The van der Waals surface area contributed by atoms with Gasteiger partial charge in [-0.05, 0) is 41.2 Å². The molecule has 2 nitrogen and oxygen atoms in total. The monoisotopic (exact) mass is 273 g/mol. The summed E-state index contributed by atoms with van der Waals surface area (Å²) in [4.78, 5) is 0. The second-order valence-corrected chi connectivity index (χ2v) is 6.28. The van der Waals surface area contributed by atoms with Gasteiger partial charge >= 0.3 is 0 Å². The van der Waals surface area contributed by atoms with Crippen LogP contribution in [0.5, 0.6) is 5.75 Å². The van der Waals surface area contributed by atoms with E-state index in [4.69, 9.17) is 0 Å². The SMILES string of the molecule is Oc1ccc2ccccc2c1CNC1CCSCC1. The van der Waals surface area contributed by atoms with E-state index in [1.54, 1.807) is 6.07 Å². The van der Waals surface area contributed by atoms with Crippen molar-refractivity contribution in [3.05, 3.63) is 42.0 Å². The van der Waals surface area contributed by atoms with Crippen LogP contribution in [0.3, 0.4) is 0 Å². The van der Waals surface area contributed by atoms with Crippen molar-refractivity contribution >= 4 is 22.5 Å². The zero-order valence-corrected chi connectivity index (χ0v) is 11.7. The molecule has 2 aromatic carbocycles. The van der Waals surface area contributed by atoms with Crippen molar-refractivity contribution in [1.82, 2.24) is 5.32 Å². The normalized spacial score (nSPS) is 16.8. The van der Waals surface area contributed by atoms with Gasteiger partial charge in [-0.1, -0.05) is 30.3 Å². The summed E-state index contributed by atoms with van der Waals surface area (Å²) in [7, 11) is 0. The molecule has 1 heterocycles. The first-order valence-electron chi connectivity index (χ1n) is 6.85. The van der Waals surface area contributed by atoms with Gasteiger partial charge in [0, 0.05) is 18.2 Å². The van der Waals surface area contributed by atoms with Crippen molar-refractivity contribution in [2.45, 2.75) is 25.4 Å². The van der Waals surface area contributed by atoms with E-state index in [0.717, 1.165) is 17.5 Å². The average molecular weight is 273 g/mol. The Morgan fingerprint density at radius 1 is 1.11 bits per heavy atom. The average Bonchev–Trinajstić information content (AvgIpc) is 2.47. The van der Waals surface area contributed by atoms with Crippen LogP contribution >= 0.6 is 11.8 Å². The Bertz CT molecular complexity index is 564. The first kappa shape index (κ1) is 12.8. The zero-order valence-electron chi connectivity index (χ0n) is 10.9. The third kappa shape index (κ3) is 2.88. The maximum atomic E-state index is 10.1. The van der Waals surface area contributed by atoms with Crippen molar-refractivity contribution in [3.63, 3.8) is 0 Å². The molecule has 0 radical (unpaired) electrons. The Labute approximate surface area is 118 Å². The summed E-state index contributed by atoms with van der Waals surface area (Å²) in [6.45, 7) is 0.752. The molecule has 0 bridgehead atoms. The van der Waals surface area contributed by atoms with Gasteiger partial charge in [0.25, 0.3) is 0 Å². The molecule has 2 aromatic rings. The number of aromatic hydroxyl groups is 1. The summed E-state index contributed by atoms with van der Waals surface area (Å²) in [6, 6.07) is 12.6. The van der Waals surface area contributed by atoms with Crippen molar-refractivity contribution in [1.29, 1.82) is 0 Å². The van der Waals surface area contributed by atoms with Gasteiger partial charge in [-0.2, -0.15) is 11.8 Å². The van der Waals surface area contributed by atoms with E-state index in [1.165, 1.54) is 29.7 Å². The Hall–Kier alpha value is -1.19. The standard InChI is InChI=1S/C16H19NOS/c18-16-6-5-12-3-1-2-4-14(12)15(16)11-17-13-7-9-19-10-8-13/h1-6,13,17-18H,7-11H2. The summed E-state index contributed by atoms with van der Waals surface area (Å²) in [5.41, 5.74) is 1.02. The highest BCUT2D eigenvalue weighted by molar-refractivity contribution is 7.99. The number of thioether (sulfide) groups is 1. The van der Waals surface area contributed by atoms with Crippen LogP contribution < -0.4 is 5.32 Å². The Balaban J connectivity index is 1.81. The lowest BCUT2D eigenvalue weighted by atomic mass is 10.0. The number of nitrogens with one attached hydrogen (secondary N) is 1. The summed E-state index contributed by atoms with van der Waals surface area (Å²) < 4.78 is 0. The van der Waals surface area contributed by atoms with E-state index in [-0.39, 0.29) is 0 Å². The molecule has 0 aliphatic carbocycles. The van der Waals surface area contributed by atoms with Gasteiger partial charge in [-0.25, -0.2) is 0 Å². The number of fused-ring (bicyclic) bond motifs is 1. The van der Waals surface area contributed by atoms with Crippen LogP contribution in [-0.2, 0) is 6.54 Å². The van der Waals surface area contributed by atoms with Crippen molar-refractivity contribution in [2.24, 2.45) is 0 Å². The molecular formula is C16H19NOS. The van der Waals surface area contributed by atoms with Crippen LogP contribution in [0.1, 0.15) is 18.4 Å². The van der Waals surface area contributed by atoms with E-state index < -0.39 is 0 Å². The second kappa shape index (κ2) is 5.85. The number of phenols is 1. The van der Waals surface area contributed by atoms with E-state index in [1.807, 2.05) is 30.0 Å². The molecule has 1 aliphatic rings. The first-order chi connectivity index (χ1) is 9.34. The van der Waals surface area contributed by atoms with E-state index >= 15 is 0 Å². The largest absolute Gasteiger partial charge is 0.508 e. The van der Waals surface area contributed by atoms with Crippen molar-refractivity contribution < 1.29 is 5.11 Å². The molecule has 1 aliphatic heterocycles. The molecule has 0 saturated carbocycles. The maximum Gasteiger partial charge on any atom is 0.120 e. The molecular weight excluding hydrogens is 254 g/mol. The highest BCUT2D eigenvalue weighted by Crippen LogP contribution is 2.27. The van der Waals surface area contributed by atoms with Crippen LogP contribution in [0, 0.1) is 0 Å². The number of hydrogen-bond donors (Lipinski definition) is 2. The predicted octanol–water partition coefficient (Wildman–Crippen LogP) is 3.53. The van der Waals surface area contributed by atoms with Crippen LogP contribution in [0.2, 0.25) is 0 Å². The summed E-state index contributed by atoms with van der Waals surface area (Å²) in [6.07, 6.45) is 2.46.